The molecule has 0 fully saturated rings. The SMILES string of the molecule is Cc1c(Cl)cccc1NS(=O)(=O)c1ccc(CC(C)C)cc1. The van der Waals surface area contributed by atoms with Crippen molar-refractivity contribution >= 4 is 27.3 Å². The molecule has 0 atom stereocenters. The van der Waals surface area contributed by atoms with Gasteiger partial charge >= 0.3 is 0 Å². The van der Waals surface area contributed by atoms with Crippen LogP contribution in [0, 0.1) is 12.8 Å². The molecule has 1 N–H and O–H groups in total. The number of rotatable bonds is 5. The Hall–Kier alpha value is -1.52. The van der Waals surface area contributed by atoms with E-state index in [2.05, 4.69) is 18.6 Å². The van der Waals surface area contributed by atoms with E-state index in [4.69, 9.17) is 11.6 Å². The standard InChI is InChI=1S/C17H20ClNO2S/c1-12(2)11-14-7-9-15(10-8-14)22(20,21)19-17-6-4-5-16(18)13(17)3/h4-10,12,19H,11H2,1-3H3. The fraction of sp³-hybridized carbons (Fsp3) is 0.294. The zero-order valence-electron chi connectivity index (χ0n) is 12.9. The maximum atomic E-state index is 12.4. The molecule has 0 bridgehead atoms. The first-order valence-corrected chi connectivity index (χ1v) is 9.02. The van der Waals surface area contributed by atoms with Crippen molar-refractivity contribution in [2.24, 2.45) is 5.92 Å². The summed E-state index contributed by atoms with van der Waals surface area (Å²) in [5, 5.41) is 0.535. The second-order valence-corrected chi connectivity index (χ2v) is 7.85. The van der Waals surface area contributed by atoms with Crippen LogP contribution < -0.4 is 4.72 Å². The van der Waals surface area contributed by atoms with Crippen LogP contribution in [0.15, 0.2) is 47.4 Å². The van der Waals surface area contributed by atoms with Crippen molar-refractivity contribution in [3.63, 3.8) is 0 Å². The molecule has 0 saturated carbocycles. The van der Waals surface area contributed by atoms with Crippen LogP contribution in [0.25, 0.3) is 0 Å². The van der Waals surface area contributed by atoms with Crippen LogP contribution in [0.2, 0.25) is 5.02 Å². The summed E-state index contributed by atoms with van der Waals surface area (Å²) in [5.74, 6) is 0.537. The summed E-state index contributed by atoms with van der Waals surface area (Å²) >= 11 is 6.02. The average Bonchev–Trinajstić information content (AvgIpc) is 2.44. The lowest BCUT2D eigenvalue weighted by Gasteiger charge is -2.12. The Morgan fingerprint density at radius 1 is 1.09 bits per heavy atom. The molecule has 0 aromatic heterocycles. The highest BCUT2D eigenvalue weighted by atomic mass is 35.5. The maximum Gasteiger partial charge on any atom is 0.261 e. The minimum absolute atomic E-state index is 0.249. The van der Waals surface area contributed by atoms with Crippen molar-refractivity contribution in [3.8, 4) is 0 Å². The molecule has 118 valence electrons. The van der Waals surface area contributed by atoms with Crippen LogP contribution in [0.1, 0.15) is 25.0 Å². The first kappa shape index (κ1) is 16.8. The third-order valence-electron chi connectivity index (χ3n) is 3.39. The van der Waals surface area contributed by atoms with Crippen LogP contribution in [-0.4, -0.2) is 8.42 Å². The molecule has 0 radical (unpaired) electrons. The van der Waals surface area contributed by atoms with Gasteiger partial charge in [-0.25, -0.2) is 8.42 Å². The molecule has 0 saturated heterocycles. The van der Waals surface area contributed by atoms with Gasteiger partial charge in [-0.05, 0) is 54.7 Å². The monoisotopic (exact) mass is 337 g/mol. The van der Waals surface area contributed by atoms with Crippen LogP contribution >= 0.6 is 11.6 Å². The molecule has 5 heteroatoms. The Labute approximate surface area is 137 Å². The van der Waals surface area contributed by atoms with Gasteiger partial charge in [0.05, 0.1) is 10.6 Å². The summed E-state index contributed by atoms with van der Waals surface area (Å²) in [6.45, 7) is 6.05. The molecule has 0 aliphatic heterocycles. The van der Waals surface area contributed by atoms with Gasteiger partial charge < -0.3 is 0 Å². The van der Waals surface area contributed by atoms with Crippen molar-refractivity contribution in [3.05, 3.63) is 58.6 Å². The zero-order chi connectivity index (χ0) is 16.3. The first-order chi connectivity index (χ1) is 10.3. The predicted molar refractivity (Wildman–Crippen MR) is 92.0 cm³/mol. The molecule has 0 aliphatic carbocycles. The number of benzene rings is 2. The minimum atomic E-state index is -3.61. The molecular formula is C17H20ClNO2S. The third kappa shape index (κ3) is 4.02. The molecular weight excluding hydrogens is 318 g/mol. The number of nitrogens with one attached hydrogen (secondary N) is 1. The normalized spacial score (nSPS) is 11.7. The molecule has 0 amide bonds. The van der Waals surface area contributed by atoms with Gasteiger partial charge in [-0.3, -0.25) is 4.72 Å². The number of hydrogen-bond acceptors (Lipinski definition) is 2. The second-order valence-electron chi connectivity index (χ2n) is 5.76. The summed E-state index contributed by atoms with van der Waals surface area (Å²) in [6.07, 6.45) is 0.932. The Morgan fingerprint density at radius 3 is 2.32 bits per heavy atom. The van der Waals surface area contributed by atoms with E-state index in [1.807, 2.05) is 12.1 Å². The van der Waals surface area contributed by atoms with E-state index >= 15 is 0 Å². The summed E-state index contributed by atoms with van der Waals surface area (Å²) in [7, 11) is -3.61. The van der Waals surface area contributed by atoms with Crippen LogP contribution in [0.5, 0.6) is 0 Å². The van der Waals surface area contributed by atoms with E-state index in [-0.39, 0.29) is 4.90 Å². The van der Waals surface area contributed by atoms with E-state index in [9.17, 15) is 8.42 Å². The van der Waals surface area contributed by atoms with Gasteiger partial charge in [0.1, 0.15) is 0 Å². The molecule has 0 unspecified atom stereocenters. The molecule has 0 heterocycles. The lowest BCUT2D eigenvalue weighted by Crippen LogP contribution is -2.14. The Kier molecular flexibility index (Phi) is 5.14. The number of sulfonamides is 1. The third-order valence-corrected chi connectivity index (χ3v) is 5.18. The van der Waals surface area contributed by atoms with Crippen molar-refractivity contribution in [2.75, 3.05) is 4.72 Å². The largest absolute Gasteiger partial charge is 0.279 e. The molecule has 3 nitrogen and oxygen atoms in total. The van der Waals surface area contributed by atoms with E-state index in [1.165, 1.54) is 0 Å². The molecule has 2 rings (SSSR count). The summed E-state index contributed by atoms with van der Waals surface area (Å²) in [5.41, 5.74) is 2.34. The fourth-order valence-electron chi connectivity index (χ4n) is 2.20. The van der Waals surface area contributed by atoms with Crippen molar-refractivity contribution < 1.29 is 8.42 Å². The topological polar surface area (TPSA) is 46.2 Å². The van der Waals surface area contributed by atoms with Gasteiger partial charge in [0, 0.05) is 5.02 Å². The Morgan fingerprint density at radius 2 is 1.73 bits per heavy atom. The van der Waals surface area contributed by atoms with Crippen molar-refractivity contribution in [1.29, 1.82) is 0 Å². The van der Waals surface area contributed by atoms with Crippen LogP contribution in [-0.2, 0) is 16.4 Å². The van der Waals surface area contributed by atoms with Crippen molar-refractivity contribution in [2.45, 2.75) is 32.1 Å². The Balaban J connectivity index is 2.25. The molecule has 2 aromatic rings. The number of hydrogen-bond donors (Lipinski definition) is 1. The molecule has 2 aromatic carbocycles. The second kappa shape index (κ2) is 6.71. The number of anilines is 1. The number of halogens is 1. The van der Waals surface area contributed by atoms with E-state index < -0.39 is 10.0 Å². The Bertz CT molecular complexity index is 753. The van der Waals surface area contributed by atoms with Crippen LogP contribution in [0.4, 0.5) is 5.69 Å². The van der Waals surface area contributed by atoms with Gasteiger partial charge in [-0.2, -0.15) is 0 Å². The molecule has 0 aliphatic rings. The minimum Gasteiger partial charge on any atom is -0.279 e. The quantitative estimate of drug-likeness (QED) is 0.863. The van der Waals surface area contributed by atoms with Gasteiger partial charge in [-0.15, -0.1) is 0 Å². The van der Waals surface area contributed by atoms with Gasteiger partial charge in [0.25, 0.3) is 10.0 Å². The van der Waals surface area contributed by atoms with Gasteiger partial charge in [0.15, 0.2) is 0 Å². The highest BCUT2D eigenvalue weighted by Crippen LogP contribution is 2.25. The smallest absolute Gasteiger partial charge is 0.261 e. The molecule has 0 spiro atoms. The lowest BCUT2D eigenvalue weighted by molar-refractivity contribution is 0.601. The van der Waals surface area contributed by atoms with Crippen LogP contribution in [0.3, 0.4) is 0 Å². The van der Waals surface area contributed by atoms with Gasteiger partial charge in [-0.1, -0.05) is 43.6 Å². The van der Waals surface area contributed by atoms with Crippen molar-refractivity contribution in [1.82, 2.24) is 0 Å². The van der Waals surface area contributed by atoms with E-state index in [1.54, 1.807) is 37.3 Å². The average molecular weight is 338 g/mol. The summed E-state index contributed by atoms with van der Waals surface area (Å²) in [4.78, 5) is 0.249. The summed E-state index contributed by atoms with van der Waals surface area (Å²) < 4.78 is 27.5. The zero-order valence-corrected chi connectivity index (χ0v) is 14.5. The molecule has 22 heavy (non-hydrogen) atoms. The lowest BCUT2D eigenvalue weighted by atomic mass is 10.0. The van der Waals surface area contributed by atoms with E-state index in [0.717, 1.165) is 12.0 Å². The summed E-state index contributed by atoms with van der Waals surface area (Å²) in [6, 6.07) is 12.2. The fourth-order valence-corrected chi connectivity index (χ4v) is 3.50. The highest BCUT2D eigenvalue weighted by molar-refractivity contribution is 7.92. The maximum absolute atomic E-state index is 12.4. The highest BCUT2D eigenvalue weighted by Gasteiger charge is 2.16. The first-order valence-electron chi connectivity index (χ1n) is 7.16. The van der Waals surface area contributed by atoms with E-state index in [0.29, 0.717) is 22.2 Å². The predicted octanol–water partition coefficient (Wildman–Crippen LogP) is 4.65. The van der Waals surface area contributed by atoms with Gasteiger partial charge in [0.2, 0.25) is 0 Å².